The molecule has 0 aliphatic heterocycles. The van der Waals surface area contributed by atoms with Crippen LogP contribution in [0.2, 0.25) is 0 Å². The zero-order valence-electron chi connectivity index (χ0n) is 20.9. The lowest BCUT2D eigenvalue weighted by molar-refractivity contribution is -0.114. The molecule has 0 aliphatic carbocycles. The maximum absolute atomic E-state index is 12.4. The van der Waals surface area contributed by atoms with E-state index in [2.05, 4.69) is 73.7 Å². The van der Waals surface area contributed by atoms with E-state index in [0.717, 1.165) is 39.1 Å². The lowest BCUT2D eigenvalue weighted by atomic mass is 9.97. The molecule has 0 aliphatic rings. The van der Waals surface area contributed by atoms with Gasteiger partial charge in [-0.25, -0.2) is 0 Å². The van der Waals surface area contributed by atoms with Crippen LogP contribution in [0.15, 0.2) is 77.0 Å². The van der Waals surface area contributed by atoms with Crippen molar-refractivity contribution in [3.05, 3.63) is 94.5 Å². The standard InChI is InChI=1S/C27H32N3O3P3/c1-17-9-8-12-22(25(30-32-4)26(31)28-3)23(17)16-33-29-18(2)21-14-13-20(15-24(21)27(34,35)36)19-10-6-5-7-11-19/h5-15H,16,34-36H2,1-4H3,(H,28,31)/b29-18+,30-25+. The normalized spacial score (nSPS) is 12.3. The van der Waals surface area contributed by atoms with E-state index in [1.54, 1.807) is 7.05 Å². The van der Waals surface area contributed by atoms with E-state index in [1.165, 1.54) is 7.11 Å². The number of likely N-dealkylation sites (N-methyl/N-ethyl adjacent to an activating group) is 1. The molecule has 36 heavy (non-hydrogen) atoms. The predicted octanol–water partition coefficient (Wildman–Crippen LogP) is 5.43. The molecule has 3 aromatic carbocycles. The number of hydrogen-bond donors (Lipinski definition) is 1. The fourth-order valence-corrected chi connectivity index (χ4v) is 4.53. The minimum absolute atomic E-state index is 0.171. The monoisotopic (exact) mass is 539 g/mol. The molecule has 0 bridgehead atoms. The number of hydrogen-bond acceptors (Lipinski definition) is 5. The second kappa shape index (κ2) is 12.5. The number of aryl methyl sites for hydroxylation is 1. The molecule has 1 N–H and O–H groups in total. The van der Waals surface area contributed by atoms with Crippen LogP contribution in [0, 0.1) is 6.92 Å². The summed E-state index contributed by atoms with van der Waals surface area (Å²) in [6.07, 6.45) is 0. The Morgan fingerprint density at radius 1 is 0.944 bits per heavy atom. The summed E-state index contributed by atoms with van der Waals surface area (Å²) in [4.78, 5) is 23.1. The van der Waals surface area contributed by atoms with Crippen molar-refractivity contribution in [1.82, 2.24) is 5.32 Å². The number of rotatable bonds is 9. The summed E-state index contributed by atoms with van der Waals surface area (Å²) in [5.41, 5.74) is 7.67. The Morgan fingerprint density at radius 2 is 1.67 bits per heavy atom. The Labute approximate surface area is 219 Å². The van der Waals surface area contributed by atoms with E-state index in [9.17, 15) is 4.79 Å². The summed E-state index contributed by atoms with van der Waals surface area (Å²) in [6, 6.07) is 22.3. The van der Waals surface area contributed by atoms with Gasteiger partial charge in [-0.05, 0) is 42.2 Å². The van der Waals surface area contributed by atoms with Crippen molar-refractivity contribution in [1.29, 1.82) is 0 Å². The Balaban J connectivity index is 1.92. The Morgan fingerprint density at radius 3 is 2.31 bits per heavy atom. The molecule has 0 heterocycles. The molecule has 0 radical (unpaired) electrons. The first-order chi connectivity index (χ1) is 17.2. The van der Waals surface area contributed by atoms with Crippen molar-refractivity contribution in [2.24, 2.45) is 10.3 Å². The Hall–Kier alpha value is -2.64. The molecule has 0 aromatic heterocycles. The molecule has 188 valence electrons. The minimum atomic E-state index is -0.343. The van der Waals surface area contributed by atoms with Crippen LogP contribution in [0.5, 0.6) is 0 Å². The van der Waals surface area contributed by atoms with Crippen LogP contribution >= 0.6 is 27.7 Å². The first-order valence-corrected chi connectivity index (χ1v) is 13.1. The Kier molecular flexibility index (Phi) is 9.74. The number of amides is 1. The van der Waals surface area contributed by atoms with E-state index in [4.69, 9.17) is 9.68 Å². The average Bonchev–Trinajstić information content (AvgIpc) is 2.87. The fourth-order valence-electron chi connectivity index (χ4n) is 3.81. The molecule has 9 heteroatoms. The zero-order valence-corrected chi connectivity index (χ0v) is 24.4. The van der Waals surface area contributed by atoms with Gasteiger partial charge in [-0.3, -0.25) is 4.79 Å². The molecule has 0 saturated carbocycles. The van der Waals surface area contributed by atoms with Crippen molar-refractivity contribution < 1.29 is 14.5 Å². The number of oxime groups is 2. The first-order valence-electron chi connectivity index (χ1n) is 11.3. The highest BCUT2D eigenvalue weighted by Gasteiger charge is 2.22. The Bertz CT molecular complexity index is 1290. The highest BCUT2D eigenvalue weighted by atomic mass is 31.1. The van der Waals surface area contributed by atoms with Crippen molar-refractivity contribution in [2.75, 3.05) is 14.2 Å². The summed E-state index contributed by atoms with van der Waals surface area (Å²) in [7, 11) is 11.5. The van der Waals surface area contributed by atoms with Crippen LogP contribution in [0.1, 0.15) is 34.7 Å². The highest BCUT2D eigenvalue weighted by Crippen LogP contribution is 2.47. The molecular weight excluding hydrogens is 507 g/mol. The van der Waals surface area contributed by atoms with Crippen molar-refractivity contribution in [3.63, 3.8) is 0 Å². The first kappa shape index (κ1) is 27.9. The second-order valence-corrected chi connectivity index (χ2v) is 13.2. The molecule has 1 amide bonds. The van der Waals surface area contributed by atoms with Crippen LogP contribution in [0.4, 0.5) is 0 Å². The highest BCUT2D eigenvalue weighted by molar-refractivity contribution is 7.56. The van der Waals surface area contributed by atoms with Crippen molar-refractivity contribution >= 4 is 45.0 Å². The lowest BCUT2D eigenvalue weighted by Gasteiger charge is -2.23. The molecule has 3 unspecified atom stereocenters. The van der Waals surface area contributed by atoms with Gasteiger partial charge in [0, 0.05) is 28.4 Å². The summed E-state index contributed by atoms with van der Waals surface area (Å²) in [5.74, 6) is -0.343. The smallest absolute Gasteiger partial charge is 0.273 e. The van der Waals surface area contributed by atoms with Crippen LogP contribution in [0.25, 0.3) is 11.1 Å². The van der Waals surface area contributed by atoms with Gasteiger partial charge in [0.2, 0.25) is 0 Å². The van der Waals surface area contributed by atoms with Gasteiger partial charge in [0.15, 0.2) is 5.71 Å². The van der Waals surface area contributed by atoms with Crippen molar-refractivity contribution in [2.45, 2.75) is 25.1 Å². The molecular formula is C27H32N3O3P3. The molecule has 6 nitrogen and oxygen atoms in total. The van der Waals surface area contributed by atoms with Gasteiger partial charge < -0.3 is 15.0 Å². The van der Waals surface area contributed by atoms with Gasteiger partial charge >= 0.3 is 0 Å². The molecule has 0 spiro atoms. The third-order valence-electron chi connectivity index (χ3n) is 5.68. The maximum atomic E-state index is 12.4. The van der Waals surface area contributed by atoms with E-state index >= 15 is 0 Å². The van der Waals surface area contributed by atoms with Gasteiger partial charge in [-0.2, -0.15) is 0 Å². The zero-order chi connectivity index (χ0) is 26.3. The molecule has 3 rings (SSSR count). The number of carbonyl (C=O) groups is 1. The minimum Gasteiger partial charge on any atom is -0.398 e. The molecule has 3 atom stereocenters. The quantitative estimate of drug-likeness (QED) is 0.224. The topological polar surface area (TPSA) is 72.3 Å². The largest absolute Gasteiger partial charge is 0.398 e. The second-order valence-electron chi connectivity index (χ2n) is 8.31. The van der Waals surface area contributed by atoms with E-state index in [-0.39, 0.29) is 22.9 Å². The number of benzene rings is 3. The van der Waals surface area contributed by atoms with Gasteiger partial charge in [0.05, 0.1) is 5.71 Å². The molecule has 0 fully saturated rings. The predicted molar refractivity (Wildman–Crippen MR) is 158 cm³/mol. The lowest BCUT2D eigenvalue weighted by Crippen LogP contribution is -2.29. The fraction of sp³-hybridized carbons (Fsp3) is 0.222. The van der Waals surface area contributed by atoms with E-state index in [0.29, 0.717) is 5.56 Å². The summed E-state index contributed by atoms with van der Waals surface area (Å²) in [5, 5.41) is 11.0. The summed E-state index contributed by atoms with van der Waals surface area (Å²) < 4.78 is -0.334. The maximum Gasteiger partial charge on any atom is 0.273 e. The molecule has 3 aromatic rings. The summed E-state index contributed by atoms with van der Waals surface area (Å²) >= 11 is 0. The van der Waals surface area contributed by atoms with Crippen LogP contribution in [-0.2, 0) is 25.7 Å². The average molecular weight is 539 g/mol. The van der Waals surface area contributed by atoms with Gasteiger partial charge in [0.25, 0.3) is 5.91 Å². The third kappa shape index (κ3) is 6.77. The van der Waals surface area contributed by atoms with Gasteiger partial charge in [0.1, 0.15) is 13.7 Å². The third-order valence-corrected chi connectivity index (χ3v) is 6.62. The number of nitrogens with one attached hydrogen (secondary N) is 1. The van der Waals surface area contributed by atoms with Crippen LogP contribution in [-0.4, -0.2) is 31.5 Å². The van der Waals surface area contributed by atoms with Gasteiger partial charge in [-0.1, -0.05) is 71.0 Å². The molecule has 0 saturated heterocycles. The van der Waals surface area contributed by atoms with Crippen LogP contribution < -0.4 is 5.32 Å². The number of carbonyl (C=O) groups excluding carboxylic acids is 1. The van der Waals surface area contributed by atoms with Crippen molar-refractivity contribution in [3.8, 4) is 11.1 Å². The van der Waals surface area contributed by atoms with Crippen LogP contribution in [0.3, 0.4) is 0 Å². The van der Waals surface area contributed by atoms with E-state index < -0.39 is 0 Å². The number of nitrogens with zero attached hydrogens (tertiary/aromatic N) is 2. The summed E-state index contributed by atoms with van der Waals surface area (Å²) in [6.45, 7) is 4.05. The SMILES string of the molecule is CNC(=O)/C(=N/OC)c1cccc(C)c1CO/N=C(\C)c1ccc(-c2ccccc2)cc1C(P)(P)P. The van der Waals surface area contributed by atoms with Gasteiger partial charge in [-0.15, -0.1) is 27.7 Å². The van der Waals surface area contributed by atoms with E-state index in [1.807, 2.05) is 50.2 Å².